The van der Waals surface area contributed by atoms with E-state index >= 15 is 0 Å². The fraction of sp³-hybridized carbons (Fsp3) is 0.381. The van der Waals surface area contributed by atoms with Gasteiger partial charge in [-0.15, -0.1) is 0 Å². The number of benzene rings is 2. The second kappa shape index (κ2) is 6.56. The van der Waals surface area contributed by atoms with E-state index in [1.165, 1.54) is 5.56 Å². The van der Waals surface area contributed by atoms with Crippen LogP contribution in [-0.2, 0) is 0 Å². The Kier molecular flexibility index (Phi) is 4.23. The predicted molar refractivity (Wildman–Crippen MR) is 101 cm³/mol. The minimum absolute atomic E-state index is 0.0625. The van der Waals surface area contributed by atoms with Gasteiger partial charge in [0.15, 0.2) is 17.7 Å². The van der Waals surface area contributed by atoms with Crippen LogP contribution in [0.1, 0.15) is 37.4 Å². The van der Waals surface area contributed by atoms with E-state index in [1.807, 2.05) is 24.3 Å². The highest BCUT2D eigenvalue weighted by Gasteiger charge is 2.41. The van der Waals surface area contributed by atoms with Crippen molar-refractivity contribution in [2.75, 3.05) is 14.2 Å². The first-order chi connectivity index (χ1) is 12.6. The van der Waals surface area contributed by atoms with Crippen LogP contribution in [0.5, 0.6) is 17.2 Å². The van der Waals surface area contributed by atoms with Gasteiger partial charge in [0.2, 0.25) is 0 Å². The van der Waals surface area contributed by atoms with E-state index in [0.717, 1.165) is 34.9 Å². The van der Waals surface area contributed by atoms with Gasteiger partial charge >= 0.3 is 0 Å². The van der Waals surface area contributed by atoms with Crippen molar-refractivity contribution >= 4 is 5.71 Å². The molecular weight excluding hydrogens is 328 g/mol. The second-order valence-electron chi connectivity index (χ2n) is 7.01. The first-order valence-corrected chi connectivity index (χ1v) is 8.96. The topological polar surface area (TPSA) is 43.3 Å². The number of rotatable bonds is 4. The van der Waals surface area contributed by atoms with Gasteiger partial charge in [-0.25, -0.2) is 5.01 Å². The van der Waals surface area contributed by atoms with Crippen LogP contribution in [-0.4, -0.2) is 31.2 Å². The standard InChI is InChI=1S/C21H24N2O3/c1-13(2)21-23-17(15-7-5-6-8-18(15)26-21)12-16(22-23)14-9-10-19(24-3)20(11-14)25-4/h5-11,13,17,21H,12H2,1-4H3/t17-,21+/m0/s1. The molecule has 5 heteroatoms. The zero-order valence-electron chi connectivity index (χ0n) is 15.6. The van der Waals surface area contributed by atoms with Gasteiger partial charge in [0, 0.05) is 23.5 Å². The summed E-state index contributed by atoms with van der Waals surface area (Å²) in [5.41, 5.74) is 3.29. The molecule has 2 atom stereocenters. The molecule has 2 heterocycles. The summed E-state index contributed by atoms with van der Waals surface area (Å²) in [6.45, 7) is 4.33. The van der Waals surface area contributed by atoms with Crippen molar-refractivity contribution in [3.8, 4) is 17.2 Å². The normalized spacial score (nSPS) is 21.0. The molecule has 26 heavy (non-hydrogen) atoms. The number of hydrogen-bond acceptors (Lipinski definition) is 5. The maximum absolute atomic E-state index is 6.25. The van der Waals surface area contributed by atoms with Crippen molar-refractivity contribution in [1.82, 2.24) is 5.01 Å². The fourth-order valence-corrected chi connectivity index (χ4v) is 3.69. The zero-order valence-corrected chi connectivity index (χ0v) is 15.6. The zero-order chi connectivity index (χ0) is 18.3. The molecule has 0 aliphatic carbocycles. The third-order valence-corrected chi connectivity index (χ3v) is 5.02. The van der Waals surface area contributed by atoms with Gasteiger partial charge in [-0.2, -0.15) is 5.10 Å². The molecule has 0 radical (unpaired) electrons. The Hall–Kier alpha value is -2.69. The van der Waals surface area contributed by atoms with Crippen LogP contribution in [0.4, 0.5) is 0 Å². The van der Waals surface area contributed by atoms with Crippen LogP contribution in [0.3, 0.4) is 0 Å². The van der Waals surface area contributed by atoms with Gasteiger partial charge in [0.25, 0.3) is 0 Å². The molecule has 136 valence electrons. The minimum atomic E-state index is -0.0625. The molecule has 2 aromatic carbocycles. The van der Waals surface area contributed by atoms with Crippen LogP contribution < -0.4 is 14.2 Å². The lowest BCUT2D eigenvalue weighted by atomic mass is 9.95. The SMILES string of the molecule is COc1ccc(C2=NN3[C@@H](C(C)C)Oc4ccccc4[C@@H]3C2)cc1OC. The quantitative estimate of drug-likeness (QED) is 0.826. The van der Waals surface area contributed by atoms with Crippen LogP contribution >= 0.6 is 0 Å². The second-order valence-corrected chi connectivity index (χ2v) is 7.01. The van der Waals surface area contributed by atoms with Crippen LogP contribution in [0.25, 0.3) is 0 Å². The average Bonchev–Trinajstić information content (AvgIpc) is 3.12. The first-order valence-electron chi connectivity index (χ1n) is 8.96. The first kappa shape index (κ1) is 16.8. The molecule has 4 rings (SSSR count). The van der Waals surface area contributed by atoms with Gasteiger partial charge in [-0.05, 0) is 24.3 Å². The average molecular weight is 352 g/mol. The molecule has 0 unspecified atom stereocenters. The molecule has 0 saturated heterocycles. The summed E-state index contributed by atoms with van der Waals surface area (Å²) in [7, 11) is 3.30. The van der Waals surface area contributed by atoms with E-state index in [2.05, 4.69) is 37.1 Å². The molecule has 5 nitrogen and oxygen atoms in total. The smallest absolute Gasteiger partial charge is 0.190 e. The molecular formula is C21H24N2O3. The van der Waals surface area contributed by atoms with Gasteiger partial charge in [-0.3, -0.25) is 0 Å². The molecule has 0 saturated carbocycles. The fourth-order valence-electron chi connectivity index (χ4n) is 3.69. The summed E-state index contributed by atoms with van der Waals surface area (Å²) >= 11 is 0. The molecule has 2 aliphatic heterocycles. The molecule has 0 N–H and O–H groups in total. The Morgan fingerprint density at radius 1 is 1.08 bits per heavy atom. The summed E-state index contributed by atoms with van der Waals surface area (Å²) < 4.78 is 17.0. The lowest BCUT2D eigenvalue weighted by Gasteiger charge is -2.39. The third-order valence-electron chi connectivity index (χ3n) is 5.02. The van der Waals surface area contributed by atoms with Crippen molar-refractivity contribution in [2.45, 2.75) is 32.5 Å². The Bertz CT molecular complexity index is 847. The van der Waals surface area contributed by atoms with E-state index in [0.29, 0.717) is 5.92 Å². The summed E-state index contributed by atoms with van der Waals surface area (Å²) in [5, 5.41) is 7.07. The number of hydrazone groups is 1. The van der Waals surface area contributed by atoms with E-state index in [-0.39, 0.29) is 12.3 Å². The highest BCUT2D eigenvalue weighted by atomic mass is 16.5. The lowest BCUT2D eigenvalue weighted by Crippen LogP contribution is -2.43. The predicted octanol–water partition coefficient (Wildman–Crippen LogP) is 4.23. The van der Waals surface area contributed by atoms with E-state index in [1.54, 1.807) is 14.2 Å². The summed E-state index contributed by atoms with van der Waals surface area (Å²) in [4.78, 5) is 0. The number of methoxy groups -OCH3 is 2. The third kappa shape index (κ3) is 2.68. The van der Waals surface area contributed by atoms with Crippen LogP contribution in [0, 0.1) is 5.92 Å². The Morgan fingerprint density at radius 3 is 2.58 bits per heavy atom. The van der Waals surface area contributed by atoms with Crippen molar-refractivity contribution in [3.05, 3.63) is 53.6 Å². The van der Waals surface area contributed by atoms with Gasteiger partial charge in [-0.1, -0.05) is 32.0 Å². The monoisotopic (exact) mass is 352 g/mol. The largest absolute Gasteiger partial charge is 0.493 e. The number of para-hydroxylation sites is 1. The van der Waals surface area contributed by atoms with Crippen LogP contribution in [0.2, 0.25) is 0 Å². The summed E-state index contributed by atoms with van der Waals surface area (Å²) in [5.74, 6) is 2.74. The molecule has 0 aromatic heterocycles. The van der Waals surface area contributed by atoms with Crippen molar-refractivity contribution in [2.24, 2.45) is 11.0 Å². The Balaban J connectivity index is 1.72. The molecule has 0 bridgehead atoms. The molecule has 0 spiro atoms. The minimum Gasteiger partial charge on any atom is -0.493 e. The lowest BCUT2D eigenvalue weighted by molar-refractivity contribution is -0.0461. The van der Waals surface area contributed by atoms with E-state index in [4.69, 9.17) is 19.3 Å². The Morgan fingerprint density at radius 2 is 1.85 bits per heavy atom. The van der Waals surface area contributed by atoms with Gasteiger partial charge < -0.3 is 14.2 Å². The van der Waals surface area contributed by atoms with Gasteiger partial charge in [0.05, 0.1) is 26.0 Å². The highest BCUT2D eigenvalue weighted by Crippen LogP contribution is 2.44. The number of fused-ring (bicyclic) bond motifs is 3. The maximum atomic E-state index is 6.25. The van der Waals surface area contributed by atoms with Crippen molar-refractivity contribution in [3.63, 3.8) is 0 Å². The molecule has 0 fully saturated rings. The highest BCUT2D eigenvalue weighted by molar-refractivity contribution is 6.02. The van der Waals surface area contributed by atoms with Crippen molar-refractivity contribution in [1.29, 1.82) is 0 Å². The summed E-state index contributed by atoms with van der Waals surface area (Å²) in [6, 6.07) is 14.4. The molecule has 0 amide bonds. The van der Waals surface area contributed by atoms with Crippen molar-refractivity contribution < 1.29 is 14.2 Å². The van der Waals surface area contributed by atoms with E-state index < -0.39 is 0 Å². The maximum Gasteiger partial charge on any atom is 0.190 e. The summed E-state index contributed by atoms with van der Waals surface area (Å²) in [6.07, 6.45) is 0.784. The molecule has 2 aromatic rings. The number of ether oxygens (including phenoxy) is 3. The van der Waals surface area contributed by atoms with Gasteiger partial charge in [0.1, 0.15) is 5.75 Å². The molecule has 2 aliphatic rings. The Labute approximate surface area is 154 Å². The number of nitrogens with zero attached hydrogens (tertiary/aromatic N) is 2. The van der Waals surface area contributed by atoms with Crippen LogP contribution in [0.15, 0.2) is 47.6 Å². The number of hydrogen-bond donors (Lipinski definition) is 0. The van der Waals surface area contributed by atoms with E-state index in [9.17, 15) is 0 Å².